The number of halogens is 1. The number of hydrogen-bond donors (Lipinski definition) is 0. The molecule has 0 aromatic heterocycles. The lowest BCUT2D eigenvalue weighted by Crippen LogP contribution is -3.61. The van der Waals surface area contributed by atoms with Crippen molar-refractivity contribution in [2.24, 2.45) is 0 Å². The summed E-state index contributed by atoms with van der Waals surface area (Å²) in [5.41, 5.74) is 2.63. The summed E-state index contributed by atoms with van der Waals surface area (Å²) in [5.74, 6) is 1.73. The average molecular weight is 587 g/mol. The number of benzene rings is 5. The van der Waals surface area contributed by atoms with E-state index in [1.54, 1.807) is 0 Å². The van der Waals surface area contributed by atoms with E-state index in [4.69, 9.17) is 4.74 Å². The quantitative estimate of drug-likeness (QED) is 0.185. The summed E-state index contributed by atoms with van der Waals surface area (Å²) in [7, 11) is -0.167. The zero-order valence-electron chi connectivity index (χ0n) is 19.8. The van der Waals surface area contributed by atoms with E-state index in [1.165, 1.54) is 33.0 Å². The molecule has 0 fully saturated rings. The third-order valence-corrected chi connectivity index (χ3v) is 10.9. The van der Waals surface area contributed by atoms with Crippen molar-refractivity contribution >= 4 is 10.9 Å². The van der Waals surface area contributed by atoms with Gasteiger partial charge in [-0.3, -0.25) is 0 Å². The van der Waals surface area contributed by atoms with Gasteiger partial charge in [0.25, 0.3) is 0 Å². The van der Waals surface area contributed by atoms with Crippen molar-refractivity contribution < 1.29 is 25.9 Å². The highest BCUT2D eigenvalue weighted by Gasteiger charge is 2.31. The maximum absolute atomic E-state index is 6.19. The van der Waals surface area contributed by atoms with Crippen LogP contribution in [0.5, 0.6) is 11.5 Å². The molecule has 5 aromatic rings. The van der Waals surface area contributed by atoms with Crippen molar-refractivity contribution in [2.75, 3.05) is 0 Å². The molecule has 0 saturated heterocycles. The van der Waals surface area contributed by atoms with E-state index in [0.717, 1.165) is 11.5 Å². The van der Waals surface area contributed by atoms with Gasteiger partial charge in [0.15, 0.2) is 21.8 Å². The van der Waals surface area contributed by atoms with Crippen LogP contribution in [0.3, 0.4) is 0 Å². The summed E-state index contributed by atoms with van der Waals surface area (Å²) < 4.78 is 9.00. The molecular formula is C32H27IOS+2. The molecule has 0 heterocycles. The van der Waals surface area contributed by atoms with Gasteiger partial charge < -0.3 is 4.74 Å². The molecule has 0 N–H and O–H groups in total. The van der Waals surface area contributed by atoms with E-state index in [1.807, 2.05) is 0 Å². The number of ether oxygens (including phenoxy) is 1. The van der Waals surface area contributed by atoms with Gasteiger partial charge >= 0.3 is 21.2 Å². The molecule has 5 aromatic carbocycles. The van der Waals surface area contributed by atoms with E-state index < -0.39 is 0 Å². The van der Waals surface area contributed by atoms with Crippen molar-refractivity contribution in [3.63, 3.8) is 0 Å². The zero-order chi connectivity index (χ0) is 24.0. The van der Waals surface area contributed by atoms with Gasteiger partial charge in [0.05, 0.1) is 10.9 Å². The molecule has 35 heavy (non-hydrogen) atoms. The molecule has 3 heteroatoms. The smallest absolute Gasteiger partial charge is 0.357 e. The van der Waals surface area contributed by atoms with E-state index in [2.05, 4.69) is 141 Å². The Morgan fingerprint density at radius 1 is 0.486 bits per heavy atom. The van der Waals surface area contributed by atoms with Crippen LogP contribution in [0.1, 0.15) is 11.1 Å². The molecular weight excluding hydrogens is 559 g/mol. The average Bonchev–Trinajstić information content (AvgIpc) is 2.89. The van der Waals surface area contributed by atoms with Gasteiger partial charge in [0.1, 0.15) is 11.5 Å². The molecule has 0 aliphatic carbocycles. The number of hydrogen-bond acceptors (Lipinski definition) is 1. The second kappa shape index (κ2) is 11.1. The highest BCUT2D eigenvalue weighted by atomic mass is 127. The standard InChI is InChI=1S/C32H27IOS/c1-24-10-6-8-14-31(24)35(32-15-9-7-11-25(32)2)30-22-20-29(21-23-30)34-28-18-16-27(17-19-28)33-26-12-4-3-5-13-26/h3-23H,1-2H3/q+2. The third-order valence-electron chi connectivity index (χ3n) is 5.69. The highest BCUT2D eigenvalue weighted by Crippen LogP contribution is 2.35. The Morgan fingerprint density at radius 3 is 1.49 bits per heavy atom. The van der Waals surface area contributed by atoms with Crippen LogP contribution in [0.15, 0.2) is 142 Å². The van der Waals surface area contributed by atoms with Crippen molar-refractivity contribution in [1.29, 1.82) is 0 Å². The molecule has 0 unspecified atom stereocenters. The maximum Gasteiger partial charge on any atom is 0.357 e. The number of rotatable bonds is 7. The Hall–Kier alpha value is -3.02. The topological polar surface area (TPSA) is 9.23 Å². The van der Waals surface area contributed by atoms with Gasteiger partial charge in [-0.15, -0.1) is 0 Å². The van der Waals surface area contributed by atoms with Crippen LogP contribution in [-0.2, 0) is 10.9 Å². The van der Waals surface area contributed by atoms with Crippen molar-refractivity contribution in [3.05, 3.63) is 146 Å². The summed E-state index contributed by atoms with van der Waals surface area (Å²) >= 11 is -0.162. The third kappa shape index (κ3) is 5.80. The Kier molecular flexibility index (Phi) is 7.55. The highest BCUT2D eigenvalue weighted by molar-refractivity contribution is 7.97. The van der Waals surface area contributed by atoms with E-state index in [9.17, 15) is 0 Å². The Morgan fingerprint density at radius 2 is 0.943 bits per heavy atom. The first-order valence-corrected chi connectivity index (χ1v) is 15.0. The molecule has 0 saturated carbocycles. The van der Waals surface area contributed by atoms with Crippen LogP contribution in [0.4, 0.5) is 0 Å². The molecule has 172 valence electrons. The van der Waals surface area contributed by atoms with Crippen LogP contribution < -0.4 is 25.9 Å². The van der Waals surface area contributed by atoms with E-state index in [-0.39, 0.29) is 32.1 Å². The second-order valence-electron chi connectivity index (χ2n) is 8.25. The Labute approximate surface area is 221 Å². The van der Waals surface area contributed by atoms with Crippen LogP contribution in [0, 0.1) is 21.0 Å². The lowest BCUT2D eigenvalue weighted by molar-refractivity contribution is -0.597. The molecule has 5 rings (SSSR count). The fraction of sp³-hybridized carbons (Fsp3) is 0.0625. The normalized spacial score (nSPS) is 10.9. The van der Waals surface area contributed by atoms with Crippen LogP contribution in [0.2, 0.25) is 0 Å². The summed E-state index contributed by atoms with van der Waals surface area (Å²) in [5, 5.41) is 0. The first-order chi connectivity index (χ1) is 17.2. The van der Waals surface area contributed by atoms with Gasteiger partial charge in [0, 0.05) is 11.1 Å². The summed E-state index contributed by atoms with van der Waals surface area (Å²) in [6, 6.07) is 45.3. The van der Waals surface area contributed by atoms with Gasteiger partial charge in [-0.25, -0.2) is 0 Å². The molecule has 0 aliphatic rings. The monoisotopic (exact) mass is 586 g/mol. The Bertz CT molecular complexity index is 1350. The minimum atomic E-state index is -0.167. The molecule has 0 atom stereocenters. The molecule has 0 spiro atoms. The van der Waals surface area contributed by atoms with Gasteiger partial charge in [-0.1, -0.05) is 54.6 Å². The fourth-order valence-electron chi connectivity index (χ4n) is 3.89. The molecule has 0 radical (unpaired) electrons. The lowest BCUT2D eigenvalue weighted by Gasteiger charge is -2.12. The van der Waals surface area contributed by atoms with Crippen LogP contribution in [0.25, 0.3) is 0 Å². The maximum atomic E-state index is 6.19. The summed E-state index contributed by atoms with van der Waals surface area (Å²) in [6.45, 7) is 4.41. The first-order valence-electron chi connectivity index (χ1n) is 11.6. The first kappa shape index (κ1) is 23.7. The molecule has 0 aliphatic heterocycles. The SMILES string of the molecule is Cc1ccccc1[S+](c1ccc(Oc2ccc([I+]c3ccccc3)cc2)cc1)c1ccccc1C. The summed E-state index contributed by atoms with van der Waals surface area (Å²) in [4.78, 5) is 4.03. The van der Waals surface area contributed by atoms with E-state index >= 15 is 0 Å². The van der Waals surface area contributed by atoms with E-state index in [0.29, 0.717) is 0 Å². The van der Waals surface area contributed by atoms with Crippen molar-refractivity contribution in [2.45, 2.75) is 28.5 Å². The Balaban J connectivity index is 1.37. The molecule has 0 bridgehead atoms. The minimum Gasteiger partial charge on any atom is -0.457 e. The predicted molar refractivity (Wildman–Crippen MR) is 141 cm³/mol. The predicted octanol–water partition coefficient (Wildman–Crippen LogP) is 5.32. The van der Waals surface area contributed by atoms with Crippen molar-refractivity contribution in [3.8, 4) is 11.5 Å². The zero-order valence-corrected chi connectivity index (χ0v) is 22.8. The van der Waals surface area contributed by atoms with Crippen LogP contribution >= 0.6 is 0 Å². The van der Waals surface area contributed by atoms with Crippen molar-refractivity contribution in [1.82, 2.24) is 0 Å². The lowest BCUT2D eigenvalue weighted by atomic mass is 10.2. The fourth-order valence-corrected chi connectivity index (χ4v) is 8.47. The van der Waals surface area contributed by atoms with Gasteiger partial charge in [-0.2, -0.15) is 0 Å². The van der Waals surface area contributed by atoms with Gasteiger partial charge in [-0.05, 0) is 86.6 Å². The summed E-state index contributed by atoms with van der Waals surface area (Å²) in [6.07, 6.45) is 0. The molecule has 0 amide bonds. The second-order valence-corrected chi connectivity index (χ2v) is 13.2. The molecule has 1 nitrogen and oxygen atoms in total. The van der Waals surface area contributed by atoms with Gasteiger partial charge in [0.2, 0.25) is 0 Å². The number of aryl methyl sites for hydroxylation is 2. The minimum absolute atomic E-state index is 0.162. The largest absolute Gasteiger partial charge is 0.457 e. The van der Waals surface area contributed by atoms with Crippen LogP contribution in [-0.4, -0.2) is 0 Å².